The van der Waals surface area contributed by atoms with Crippen molar-refractivity contribution in [2.75, 3.05) is 52.2 Å². The Hall–Kier alpha value is -3.51. The zero-order valence-corrected chi connectivity index (χ0v) is 28.6. The van der Waals surface area contributed by atoms with Crippen molar-refractivity contribution in [3.8, 4) is 0 Å². The molecule has 3 aromatic rings. The van der Waals surface area contributed by atoms with Crippen molar-refractivity contribution in [1.82, 2.24) is 19.3 Å². The first kappa shape index (κ1) is 34.4. The van der Waals surface area contributed by atoms with E-state index < -0.39 is 17.7 Å². The Morgan fingerprint density at radius 3 is 2.52 bits per heavy atom. The maximum atomic E-state index is 15.5. The largest absolute Gasteiger partial charge is 0.481 e. The monoisotopic (exact) mass is 681 g/mol. The van der Waals surface area contributed by atoms with Crippen LogP contribution >= 0.6 is 11.6 Å². The molecule has 48 heavy (non-hydrogen) atoms. The van der Waals surface area contributed by atoms with Crippen LogP contribution in [0.5, 0.6) is 0 Å². The molecule has 0 radical (unpaired) electrons. The van der Waals surface area contributed by atoms with Crippen molar-refractivity contribution >= 4 is 46.0 Å². The molecule has 2 amide bonds. The molecule has 1 aliphatic carbocycles. The van der Waals surface area contributed by atoms with E-state index in [-0.39, 0.29) is 52.7 Å². The van der Waals surface area contributed by atoms with Gasteiger partial charge < -0.3 is 29.5 Å². The van der Waals surface area contributed by atoms with Crippen molar-refractivity contribution in [2.24, 2.45) is 18.9 Å². The Kier molecular flexibility index (Phi) is 10.4. The first-order valence-electron chi connectivity index (χ1n) is 16.8. The van der Waals surface area contributed by atoms with Crippen LogP contribution in [0.3, 0.4) is 0 Å². The standard InChI is InChI=1S/C36H45ClFN5O5/c1-40(2)16-22-17-42(18-22)25-14-26(21-48-27-10-8-23(9-11-27)36(46)47)43(19-25)34(44)13-24-12-30(37)32(15-31(24)38)39-35(45)29-20-41(3)33-7-5-4-6-28(29)33/h4-7,12,15,20,22-23,25-27H,8-11,13-14,16-19,21H2,1-3H3,(H,39,45)(H,46,47)/t23-,25-,26-,27-/m0/s1. The number of nitrogens with one attached hydrogen (secondary N) is 1. The van der Waals surface area contributed by atoms with E-state index in [1.807, 2.05) is 40.8 Å². The van der Waals surface area contributed by atoms with Crippen molar-refractivity contribution < 1.29 is 28.6 Å². The molecule has 258 valence electrons. The Morgan fingerprint density at radius 2 is 1.81 bits per heavy atom. The molecule has 3 fully saturated rings. The van der Waals surface area contributed by atoms with E-state index in [0.717, 1.165) is 37.0 Å². The second kappa shape index (κ2) is 14.5. The number of ether oxygens (including phenoxy) is 1. The molecule has 2 aromatic carbocycles. The van der Waals surface area contributed by atoms with Gasteiger partial charge in [0, 0.05) is 56.4 Å². The van der Waals surface area contributed by atoms with Crippen LogP contribution in [0, 0.1) is 17.7 Å². The normalized spacial score (nSPS) is 23.5. The highest BCUT2D eigenvalue weighted by molar-refractivity contribution is 6.34. The number of amides is 2. The van der Waals surface area contributed by atoms with Gasteiger partial charge in [0.2, 0.25) is 5.91 Å². The van der Waals surface area contributed by atoms with Gasteiger partial charge in [-0.15, -0.1) is 0 Å². The fourth-order valence-electron chi connectivity index (χ4n) is 7.68. The van der Waals surface area contributed by atoms with E-state index in [4.69, 9.17) is 16.3 Å². The summed E-state index contributed by atoms with van der Waals surface area (Å²) in [6, 6.07) is 10.2. The van der Waals surface area contributed by atoms with Gasteiger partial charge in [0.15, 0.2) is 0 Å². The van der Waals surface area contributed by atoms with Gasteiger partial charge in [0.1, 0.15) is 5.82 Å². The molecule has 3 heterocycles. The second-order valence-corrected chi connectivity index (χ2v) is 14.4. The first-order chi connectivity index (χ1) is 23.0. The number of para-hydroxylation sites is 1. The number of halogens is 2. The number of aryl methyl sites for hydroxylation is 1. The van der Waals surface area contributed by atoms with Gasteiger partial charge in [0.05, 0.1) is 47.4 Å². The summed E-state index contributed by atoms with van der Waals surface area (Å²) < 4.78 is 23.7. The number of nitrogens with zero attached hydrogens (tertiary/aromatic N) is 4. The Morgan fingerprint density at radius 1 is 1.08 bits per heavy atom. The van der Waals surface area contributed by atoms with E-state index in [2.05, 4.69) is 29.2 Å². The maximum absolute atomic E-state index is 15.5. The fraction of sp³-hybridized carbons (Fsp3) is 0.528. The van der Waals surface area contributed by atoms with E-state index in [1.165, 1.54) is 12.1 Å². The third-order valence-electron chi connectivity index (χ3n) is 10.3. The van der Waals surface area contributed by atoms with Crippen LogP contribution in [0.1, 0.15) is 48.0 Å². The molecule has 1 aromatic heterocycles. The Bertz CT molecular complexity index is 1670. The van der Waals surface area contributed by atoms with Crippen LogP contribution in [0.2, 0.25) is 5.02 Å². The van der Waals surface area contributed by atoms with E-state index in [1.54, 1.807) is 6.20 Å². The summed E-state index contributed by atoms with van der Waals surface area (Å²) in [5.41, 5.74) is 1.65. The minimum absolute atomic E-state index is 0.0297. The number of anilines is 1. The molecule has 2 aliphatic heterocycles. The number of aromatic nitrogens is 1. The number of rotatable bonds is 11. The van der Waals surface area contributed by atoms with Crippen LogP contribution < -0.4 is 5.32 Å². The average Bonchev–Trinajstić information content (AvgIpc) is 3.61. The number of carbonyl (C=O) groups is 3. The zero-order chi connectivity index (χ0) is 34.1. The second-order valence-electron chi connectivity index (χ2n) is 14.0. The summed E-state index contributed by atoms with van der Waals surface area (Å²) in [6.45, 7) is 3.89. The van der Waals surface area contributed by atoms with Crippen LogP contribution in [0.25, 0.3) is 10.9 Å². The zero-order valence-electron chi connectivity index (χ0n) is 27.8. The molecule has 10 nitrogen and oxygen atoms in total. The third kappa shape index (κ3) is 7.54. The number of benzene rings is 2. The van der Waals surface area contributed by atoms with Gasteiger partial charge in [-0.05, 0) is 75.9 Å². The summed E-state index contributed by atoms with van der Waals surface area (Å²) in [5.74, 6) is -1.70. The van der Waals surface area contributed by atoms with E-state index in [0.29, 0.717) is 50.3 Å². The van der Waals surface area contributed by atoms with E-state index >= 15 is 4.39 Å². The molecule has 2 saturated heterocycles. The number of hydrogen-bond donors (Lipinski definition) is 2. The van der Waals surface area contributed by atoms with Crippen LogP contribution in [-0.4, -0.2) is 107 Å². The van der Waals surface area contributed by atoms with Gasteiger partial charge in [-0.3, -0.25) is 19.3 Å². The van der Waals surface area contributed by atoms with Gasteiger partial charge in [-0.1, -0.05) is 29.8 Å². The third-order valence-corrected chi connectivity index (χ3v) is 10.6. The molecule has 0 unspecified atom stereocenters. The summed E-state index contributed by atoms with van der Waals surface area (Å²) in [7, 11) is 6.01. The van der Waals surface area contributed by atoms with Gasteiger partial charge >= 0.3 is 5.97 Å². The molecule has 2 N–H and O–H groups in total. The summed E-state index contributed by atoms with van der Waals surface area (Å²) in [5, 5.41) is 13.0. The number of carboxylic acids is 1. The number of hydrogen-bond acceptors (Lipinski definition) is 6. The minimum atomic E-state index is -0.751. The number of fused-ring (bicyclic) bond motifs is 1. The molecule has 2 atom stereocenters. The molecule has 3 aliphatic rings. The highest BCUT2D eigenvalue weighted by Gasteiger charge is 2.42. The summed E-state index contributed by atoms with van der Waals surface area (Å²) in [4.78, 5) is 44.8. The molecule has 6 rings (SSSR count). The molecule has 1 saturated carbocycles. The lowest BCUT2D eigenvalue weighted by atomic mass is 9.87. The smallest absolute Gasteiger partial charge is 0.306 e. The summed E-state index contributed by atoms with van der Waals surface area (Å²) >= 11 is 6.56. The Balaban J connectivity index is 1.12. The molecule has 0 bridgehead atoms. The highest BCUT2D eigenvalue weighted by atomic mass is 35.5. The topological polar surface area (TPSA) is 107 Å². The minimum Gasteiger partial charge on any atom is -0.481 e. The van der Waals surface area contributed by atoms with Crippen LogP contribution in [0.15, 0.2) is 42.6 Å². The predicted octanol–water partition coefficient (Wildman–Crippen LogP) is 4.89. The Labute approximate surface area is 285 Å². The average molecular weight is 682 g/mol. The number of aliphatic carboxylic acids is 1. The SMILES string of the molecule is CN(C)CC1CN([C@H]2C[C@@H](CO[C@H]3CC[C@H](C(=O)O)CC3)N(C(=O)Cc3cc(Cl)c(NC(=O)c4cn(C)c5ccccc45)cc3F)C2)C1. The molecular formula is C36H45ClFN5O5. The van der Waals surface area contributed by atoms with Crippen molar-refractivity contribution in [3.05, 3.63) is 64.6 Å². The molecule has 12 heteroatoms. The predicted molar refractivity (Wildman–Crippen MR) is 183 cm³/mol. The van der Waals surface area contributed by atoms with Crippen LogP contribution in [-0.2, 0) is 27.8 Å². The molecular weight excluding hydrogens is 637 g/mol. The van der Waals surface area contributed by atoms with Gasteiger partial charge in [0.25, 0.3) is 5.91 Å². The van der Waals surface area contributed by atoms with Crippen LogP contribution in [0.4, 0.5) is 10.1 Å². The van der Waals surface area contributed by atoms with Gasteiger partial charge in [-0.2, -0.15) is 0 Å². The lowest BCUT2D eigenvalue weighted by Crippen LogP contribution is -2.55. The number of carbonyl (C=O) groups excluding carboxylic acids is 2. The van der Waals surface area contributed by atoms with Crippen molar-refractivity contribution in [3.63, 3.8) is 0 Å². The quantitative estimate of drug-likeness (QED) is 0.297. The fourth-order valence-corrected chi connectivity index (χ4v) is 7.91. The van der Waals surface area contributed by atoms with E-state index in [9.17, 15) is 19.5 Å². The number of carboxylic acid groups (broad SMARTS) is 1. The highest BCUT2D eigenvalue weighted by Crippen LogP contribution is 2.33. The number of likely N-dealkylation sites (tertiary alicyclic amines) is 2. The summed E-state index contributed by atoms with van der Waals surface area (Å²) in [6.07, 6.45) is 4.86. The lowest BCUT2D eigenvalue weighted by Gasteiger charge is -2.44. The van der Waals surface area contributed by atoms with Gasteiger partial charge in [-0.25, -0.2) is 4.39 Å². The maximum Gasteiger partial charge on any atom is 0.306 e. The van der Waals surface area contributed by atoms with Crippen molar-refractivity contribution in [2.45, 2.75) is 56.7 Å². The lowest BCUT2D eigenvalue weighted by molar-refractivity contribution is -0.144. The van der Waals surface area contributed by atoms with Crippen molar-refractivity contribution in [1.29, 1.82) is 0 Å². The molecule has 0 spiro atoms. The first-order valence-corrected chi connectivity index (χ1v) is 17.2.